The summed E-state index contributed by atoms with van der Waals surface area (Å²) in [6, 6.07) is 10.2. The first-order valence-electron chi connectivity index (χ1n) is 7.00. The molecule has 0 aromatic heterocycles. The maximum atomic E-state index is 14.1. The Hall–Kier alpha value is -1.58. The van der Waals surface area contributed by atoms with Gasteiger partial charge in [-0.3, -0.25) is 0 Å². The average Bonchev–Trinajstić information content (AvgIpc) is 2.44. The number of aryl methyl sites for hydroxylation is 1. The first-order valence-corrected chi connectivity index (χ1v) is 7.38. The molecule has 2 aromatic carbocycles. The fourth-order valence-corrected chi connectivity index (χ4v) is 2.43. The molecule has 2 nitrogen and oxygen atoms in total. The molecule has 0 amide bonds. The Kier molecular flexibility index (Phi) is 5.21. The van der Waals surface area contributed by atoms with E-state index in [1.54, 1.807) is 18.2 Å². The van der Waals surface area contributed by atoms with E-state index in [4.69, 9.17) is 22.1 Å². The van der Waals surface area contributed by atoms with Crippen LogP contribution in [0.1, 0.15) is 25.0 Å². The monoisotopic (exact) mass is 307 g/mol. The number of ether oxygens (including phenoxy) is 1. The van der Waals surface area contributed by atoms with Crippen LogP contribution >= 0.6 is 11.6 Å². The van der Waals surface area contributed by atoms with Crippen molar-refractivity contribution in [3.8, 4) is 11.5 Å². The Morgan fingerprint density at radius 1 is 1.24 bits per heavy atom. The Morgan fingerprint density at radius 2 is 2.00 bits per heavy atom. The van der Waals surface area contributed by atoms with Crippen molar-refractivity contribution in [2.24, 2.45) is 5.73 Å². The zero-order chi connectivity index (χ0) is 15.4. The minimum absolute atomic E-state index is 0.0643. The van der Waals surface area contributed by atoms with Gasteiger partial charge in [-0.15, -0.1) is 0 Å². The van der Waals surface area contributed by atoms with E-state index < -0.39 is 0 Å². The fourth-order valence-electron chi connectivity index (χ4n) is 2.18. The number of halogens is 2. The number of para-hydroxylation sites is 1. The lowest BCUT2D eigenvalue weighted by Gasteiger charge is -2.14. The maximum absolute atomic E-state index is 14.1. The molecule has 0 spiro atoms. The van der Waals surface area contributed by atoms with Crippen LogP contribution in [0.3, 0.4) is 0 Å². The summed E-state index contributed by atoms with van der Waals surface area (Å²) in [6.07, 6.45) is 1.35. The van der Waals surface area contributed by atoms with Crippen LogP contribution in [0.25, 0.3) is 0 Å². The summed E-state index contributed by atoms with van der Waals surface area (Å²) in [5, 5.41) is 0.689. The van der Waals surface area contributed by atoms with Crippen molar-refractivity contribution < 1.29 is 9.13 Å². The van der Waals surface area contributed by atoms with Crippen molar-refractivity contribution in [3.63, 3.8) is 0 Å². The number of rotatable bonds is 5. The SMILES string of the molecule is CCc1cc(Oc2c(F)cccc2CC(C)N)ccc1Cl. The first-order chi connectivity index (χ1) is 10.0. The predicted molar refractivity (Wildman–Crippen MR) is 84.7 cm³/mol. The second-order valence-corrected chi connectivity index (χ2v) is 5.53. The van der Waals surface area contributed by atoms with Gasteiger partial charge in [0.2, 0.25) is 0 Å². The molecule has 112 valence electrons. The highest BCUT2D eigenvalue weighted by Gasteiger charge is 2.13. The molecule has 1 atom stereocenters. The Balaban J connectivity index is 2.34. The largest absolute Gasteiger partial charge is 0.454 e. The van der Waals surface area contributed by atoms with Crippen LogP contribution in [-0.2, 0) is 12.8 Å². The molecule has 2 rings (SSSR count). The summed E-state index contributed by atoms with van der Waals surface area (Å²) in [4.78, 5) is 0. The van der Waals surface area contributed by atoms with Gasteiger partial charge in [-0.2, -0.15) is 0 Å². The highest BCUT2D eigenvalue weighted by atomic mass is 35.5. The maximum Gasteiger partial charge on any atom is 0.166 e. The second-order valence-electron chi connectivity index (χ2n) is 5.12. The third kappa shape index (κ3) is 3.96. The van der Waals surface area contributed by atoms with Crippen molar-refractivity contribution in [1.82, 2.24) is 0 Å². The molecule has 0 saturated heterocycles. The van der Waals surface area contributed by atoms with E-state index >= 15 is 0 Å². The third-order valence-electron chi connectivity index (χ3n) is 3.21. The van der Waals surface area contributed by atoms with Crippen LogP contribution < -0.4 is 10.5 Å². The highest BCUT2D eigenvalue weighted by Crippen LogP contribution is 2.31. The minimum atomic E-state index is -0.388. The van der Waals surface area contributed by atoms with Gasteiger partial charge in [0.25, 0.3) is 0 Å². The van der Waals surface area contributed by atoms with Crippen LogP contribution in [0.4, 0.5) is 4.39 Å². The summed E-state index contributed by atoms with van der Waals surface area (Å²) in [5.41, 5.74) is 7.54. The molecular weight excluding hydrogens is 289 g/mol. The van der Waals surface area contributed by atoms with E-state index in [1.165, 1.54) is 6.07 Å². The number of benzene rings is 2. The summed E-state index contributed by atoms with van der Waals surface area (Å²) >= 11 is 6.08. The number of hydrogen-bond donors (Lipinski definition) is 1. The Bertz CT molecular complexity index is 628. The lowest BCUT2D eigenvalue weighted by Crippen LogP contribution is -2.18. The minimum Gasteiger partial charge on any atom is -0.454 e. The summed E-state index contributed by atoms with van der Waals surface area (Å²) < 4.78 is 19.8. The molecule has 2 aromatic rings. The van der Waals surface area contributed by atoms with Gasteiger partial charge in [-0.05, 0) is 55.2 Å². The summed E-state index contributed by atoms with van der Waals surface area (Å²) in [6.45, 7) is 3.89. The van der Waals surface area contributed by atoms with Crippen LogP contribution in [0.2, 0.25) is 5.02 Å². The van der Waals surface area contributed by atoms with Crippen LogP contribution in [0.5, 0.6) is 11.5 Å². The van der Waals surface area contributed by atoms with Crippen LogP contribution in [0, 0.1) is 5.82 Å². The van der Waals surface area contributed by atoms with Gasteiger partial charge in [0.05, 0.1) is 0 Å². The average molecular weight is 308 g/mol. The lowest BCUT2D eigenvalue weighted by atomic mass is 10.1. The molecular formula is C17H19ClFNO. The van der Waals surface area contributed by atoms with E-state index in [0.717, 1.165) is 17.5 Å². The molecule has 21 heavy (non-hydrogen) atoms. The van der Waals surface area contributed by atoms with Crippen molar-refractivity contribution in [2.45, 2.75) is 32.7 Å². The van der Waals surface area contributed by atoms with E-state index in [0.29, 0.717) is 17.2 Å². The van der Waals surface area contributed by atoms with Crippen molar-refractivity contribution in [2.75, 3.05) is 0 Å². The van der Waals surface area contributed by atoms with E-state index in [-0.39, 0.29) is 17.6 Å². The molecule has 0 aliphatic carbocycles. The quantitative estimate of drug-likeness (QED) is 0.867. The number of hydrogen-bond acceptors (Lipinski definition) is 2. The summed E-state index contributed by atoms with van der Waals surface area (Å²) in [7, 11) is 0. The van der Waals surface area contributed by atoms with Crippen molar-refractivity contribution in [1.29, 1.82) is 0 Å². The summed E-state index contributed by atoms with van der Waals surface area (Å²) in [5.74, 6) is 0.424. The van der Waals surface area contributed by atoms with Crippen molar-refractivity contribution >= 4 is 11.6 Å². The Morgan fingerprint density at radius 3 is 2.67 bits per heavy atom. The Labute approximate surface area is 129 Å². The molecule has 2 N–H and O–H groups in total. The van der Waals surface area contributed by atoms with E-state index in [2.05, 4.69) is 0 Å². The van der Waals surface area contributed by atoms with Gasteiger partial charge in [-0.25, -0.2) is 4.39 Å². The molecule has 4 heteroatoms. The first kappa shape index (κ1) is 15.8. The standard InChI is InChI=1S/C17H19ClFNO/c1-3-12-10-14(7-8-15(12)18)21-17-13(9-11(2)20)5-4-6-16(17)19/h4-8,10-11H,3,9,20H2,1-2H3. The van der Waals surface area contributed by atoms with E-state index in [9.17, 15) is 4.39 Å². The van der Waals surface area contributed by atoms with Crippen LogP contribution in [-0.4, -0.2) is 6.04 Å². The van der Waals surface area contributed by atoms with Gasteiger partial charge in [0.15, 0.2) is 11.6 Å². The highest BCUT2D eigenvalue weighted by molar-refractivity contribution is 6.31. The third-order valence-corrected chi connectivity index (χ3v) is 3.58. The normalized spacial score (nSPS) is 12.2. The number of nitrogens with two attached hydrogens (primary N) is 1. The van der Waals surface area contributed by atoms with Gasteiger partial charge >= 0.3 is 0 Å². The molecule has 0 bridgehead atoms. The molecule has 0 aliphatic heterocycles. The zero-order valence-corrected chi connectivity index (χ0v) is 13.0. The molecule has 0 fully saturated rings. The van der Waals surface area contributed by atoms with Gasteiger partial charge in [0.1, 0.15) is 5.75 Å². The predicted octanol–water partition coefficient (Wildman–Crippen LogP) is 4.72. The zero-order valence-electron chi connectivity index (χ0n) is 12.2. The molecule has 0 aliphatic rings. The van der Waals surface area contributed by atoms with Gasteiger partial charge < -0.3 is 10.5 Å². The molecule has 0 saturated carbocycles. The van der Waals surface area contributed by atoms with Gasteiger partial charge in [-0.1, -0.05) is 30.7 Å². The lowest BCUT2D eigenvalue weighted by molar-refractivity contribution is 0.434. The van der Waals surface area contributed by atoms with Gasteiger partial charge in [0, 0.05) is 11.1 Å². The fraction of sp³-hybridized carbons (Fsp3) is 0.294. The molecule has 0 heterocycles. The second kappa shape index (κ2) is 6.92. The smallest absolute Gasteiger partial charge is 0.166 e. The molecule has 0 radical (unpaired) electrons. The topological polar surface area (TPSA) is 35.2 Å². The van der Waals surface area contributed by atoms with Crippen LogP contribution in [0.15, 0.2) is 36.4 Å². The van der Waals surface area contributed by atoms with E-state index in [1.807, 2.05) is 26.0 Å². The molecule has 1 unspecified atom stereocenters. The van der Waals surface area contributed by atoms with Crippen molar-refractivity contribution in [3.05, 3.63) is 58.4 Å².